The first kappa shape index (κ1) is 19.7. The van der Waals surface area contributed by atoms with E-state index in [2.05, 4.69) is 28.5 Å². The number of hydrogen-bond acceptors (Lipinski definition) is 4. The highest BCUT2D eigenvalue weighted by Crippen LogP contribution is 2.20. The minimum atomic E-state index is 0.108. The Labute approximate surface area is 148 Å². The number of likely N-dealkylation sites (tertiary alicyclic amines) is 2. The first-order valence-corrected chi connectivity index (χ1v) is 9.98. The topological polar surface area (TPSA) is 47.0 Å². The van der Waals surface area contributed by atoms with Gasteiger partial charge in [0.05, 0.1) is 12.5 Å². The third-order valence-corrected chi connectivity index (χ3v) is 5.53. The van der Waals surface area contributed by atoms with Crippen LogP contribution < -0.4 is 0 Å². The van der Waals surface area contributed by atoms with Crippen molar-refractivity contribution in [1.82, 2.24) is 14.7 Å². The summed E-state index contributed by atoms with van der Waals surface area (Å²) in [5, 5.41) is 9.15. The Kier molecular flexibility index (Phi) is 8.50. The predicted octanol–water partition coefficient (Wildman–Crippen LogP) is 1.80. The van der Waals surface area contributed by atoms with E-state index < -0.39 is 0 Å². The Balaban J connectivity index is 1.87. The van der Waals surface area contributed by atoms with Crippen LogP contribution in [0.3, 0.4) is 0 Å². The highest BCUT2D eigenvalue weighted by atomic mass is 16.3. The number of aliphatic hydroxyl groups is 1. The van der Waals surface area contributed by atoms with Crippen LogP contribution in [0.4, 0.5) is 0 Å². The Bertz CT molecular complexity index is 366. The molecule has 5 nitrogen and oxygen atoms in total. The van der Waals surface area contributed by atoms with Crippen LogP contribution >= 0.6 is 0 Å². The van der Waals surface area contributed by atoms with E-state index in [1.807, 2.05) is 0 Å². The molecule has 2 aliphatic rings. The molecule has 2 heterocycles. The number of carbonyl (C=O) groups excluding carboxylic acids is 1. The summed E-state index contributed by atoms with van der Waals surface area (Å²) in [6, 6.07) is 0.262. The second-order valence-electron chi connectivity index (χ2n) is 7.74. The van der Waals surface area contributed by atoms with Crippen LogP contribution in [0.1, 0.15) is 52.4 Å². The first-order chi connectivity index (χ1) is 11.6. The molecule has 0 aromatic rings. The Morgan fingerprint density at radius 3 is 2.33 bits per heavy atom. The summed E-state index contributed by atoms with van der Waals surface area (Å²) < 4.78 is 0. The van der Waals surface area contributed by atoms with Gasteiger partial charge >= 0.3 is 0 Å². The molecule has 2 fully saturated rings. The van der Waals surface area contributed by atoms with Crippen LogP contribution in [0.15, 0.2) is 0 Å². The number of hydrogen-bond donors (Lipinski definition) is 1. The summed E-state index contributed by atoms with van der Waals surface area (Å²) in [6.07, 6.45) is 7.36. The second kappa shape index (κ2) is 10.4. The van der Waals surface area contributed by atoms with Gasteiger partial charge in [-0.2, -0.15) is 0 Å². The summed E-state index contributed by atoms with van der Waals surface area (Å²) in [6.45, 7) is 11.2. The molecule has 1 atom stereocenters. The van der Waals surface area contributed by atoms with E-state index in [1.54, 1.807) is 0 Å². The zero-order valence-corrected chi connectivity index (χ0v) is 15.8. The smallest absolute Gasteiger partial charge is 0.227 e. The van der Waals surface area contributed by atoms with Crippen molar-refractivity contribution >= 4 is 5.91 Å². The maximum atomic E-state index is 13.0. The molecule has 2 aliphatic heterocycles. The average molecular weight is 340 g/mol. The zero-order valence-electron chi connectivity index (χ0n) is 15.8. The average Bonchev–Trinajstić information content (AvgIpc) is 2.84. The third kappa shape index (κ3) is 6.01. The molecule has 2 saturated heterocycles. The van der Waals surface area contributed by atoms with E-state index >= 15 is 0 Å². The molecule has 0 spiro atoms. The molecular formula is C19H37N3O2. The van der Waals surface area contributed by atoms with Gasteiger partial charge in [-0.1, -0.05) is 12.8 Å². The molecule has 140 valence electrons. The number of β-amino-alcohol motifs (C(OH)–C–C–N with tert-alkyl or cyclic N) is 1. The van der Waals surface area contributed by atoms with Crippen molar-refractivity contribution in [3.8, 4) is 0 Å². The number of nitrogens with zero attached hydrogens (tertiary/aromatic N) is 3. The van der Waals surface area contributed by atoms with Crippen LogP contribution in [0, 0.1) is 5.92 Å². The summed E-state index contributed by atoms with van der Waals surface area (Å²) in [5.74, 6) is 0.430. The summed E-state index contributed by atoms with van der Waals surface area (Å²) in [7, 11) is 0. The lowest BCUT2D eigenvalue weighted by Gasteiger charge is -2.37. The highest BCUT2D eigenvalue weighted by Gasteiger charge is 2.30. The predicted molar refractivity (Wildman–Crippen MR) is 98.0 cm³/mol. The van der Waals surface area contributed by atoms with Crippen molar-refractivity contribution < 1.29 is 9.90 Å². The Hall–Kier alpha value is -0.650. The van der Waals surface area contributed by atoms with Gasteiger partial charge in [0.15, 0.2) is 0 Å². The zero-order chi connectivity index (χ0) is 17.4. The van der Waals surface area contributed by atoms with Gasteiger partial charge in [0.1, 0.15) is 0 Å². The van der Waals surface area contributed by atoms with Gasteiger partial charge in [-0.05, 0) is 59.2 Å². The number of aliphatic hydroxyl groups excluding tert-OH is 1. The molecular weight excluding hydrogens is 302 g/mol. The molecule has 0 bridgehead atoms. The monoisotopic (exact) mass is 339 g/mol. The molecule has 0 aromatic carbocycles. The molecule has 0 radical (unpaired) electrons. The van der Waals surface area contributed by atoms with Gasteiger partial charge < -0.3 is 19.8 Å². The lowest BCUT2D eigenvalue weighted by atomic mass is 9.96. The Morgan fingerprint density at radius 2 is 1.71 bits per heavy atom. The summed E-state index contributed by atoms with van der Waals surface area (Å²) in [5.41, 5.74) is 0. The van der Waals surface area contributed by atoms with Gasteiger partial charge in [0.25, 0.3) is 0 Å². The molecule has 5 heteroatoms. The maximum Gasteiger partial charge on any atom is 0.227 e. The quantitative estimate of drug-likeness (QED) is 0.768. The van der Waals surface area contributed by atoms with Gasteiger partial charge in [-0.3, -0.25) is 4.79 Å². The van der Waals surface area contributed by atoms with Crippen LogP contribution in [0.5, 0.6) is 0 Å². The van der Waals surface area contributed by atoms with E-state index in [1.165, 1.54) is 38.8 Å². The summed E-state index contributed by atoms with van der Waals surface area (Å²) in [4.78, 5) is 19.9. The fraction of sp³-hybridized carbons (Fsp3) is 0.947. The number of amides is 1. The van der Waals surface area contributed by atoms with Crippen molar-refractivity contribution in [3.05, 3.63) is 0 Å². The third-order valence-electron chi connectivity index (χ3n) is 5.53. The summed E-state index contributed by atoms with van der Waals surface area (Å²) >= 11 is 0. The van der Waals surface area contributed by atoms with Gasteiger partial charge in [0, 0.05) is 32.2 Å². The van der Waals surface area contributed by atoms with Crippen molar-refractivity contribution in [2.24, 2.45) is 5.92 Å². The van der Waals surface area contributed by atoms with Crippen LogP contribution in [0.2, 0.25) is 0 Å². The van der Waals surface area contributed by atoms with Crippen LogP contribution in [0.25, 0.3) is 0 Å². The lowest BCUT2D eigenvalue weighted by molar-refractivity contribution is -0.139. The molecule has 0 aliphatic carbocycles. The fourth-order valence-corrected chi connectivity index (χ4v) is 4.07. The van der Waals surface area contributed by atoms with Crippen LogP contribution in [-0.2, 0) is 4.79 Å². The lowest BCUT2D eigenvalue weighted by Crippen LogP contribution is -2.49. The van der Waals surface area contributed by atoms with E-state index in [9.17, 15) is 4.79 Å². The molecule has 1 amide bonds. The van der Waals surface area contributed by atoms with E-state index in [0.717, 1.165) is 39.0 Å². The first-order valence-electron chi connectivity index (χ1n) is 9.98. The van der Waals surface area contributed by atoms with E-state index in [4.69, 9.17) is 5.11 Å². The van der Waals surface area contributed by atoms with E-state index in [0.29, 0.717) is 12.5 Å². The minimum Gasteiger partial charge on any atom is -0.395 e. The second-order valence-corrected chi connectivity index (χ2v) is 7.74. The molecule has 0 aromatic heterocycles. The molecule has 1 N–H and O–H groups in total. The van der Waals surface area contributed by atoms with Crippen LogP contribution in [-0.4, -0.2) is 84.2 Å². The fourth-order valence-electron chi connectivity index (χ4n) is 4.07. The number of carbonyl (C=O) groups is 1. The van der Waals surface area contributed by atoms with Gasteiger partial charge in [-0.25, -0.2) is 0 Å². The number of rotatable bonds is 7. The molecule has 1 unspecified atom stereocenters. The molecule has 24 heavy (non-hydrogen) atoms. The van der Waals surface area contributed by atoms with Gasteiger partial charge in [0.2, 0.25) is 5.91 Å². The van der Waals surface area contributed by atoms with Crippen molar-refractivity contribution in [2.75, 3.05) is 52.4 Å². The van der Waals surface area contributed by atoms with Crippen molar-refractivity contribution in [3.63, 3.8) is 0 Å². The minimum absolute atomic E-state index is 0.108. The molecule has 2 rings (SSSR count). The number of piperidine rings is 1. The van der Waals surface area contributed by atoms with Crippen molar-refractivity contribution in [1.29, 1.82) is 0 Å². The molecule has 0 saturated carbocycles. The van der Waals surface area contributed by atoms with E-state index in [-0.39, 0.29) is 18.6 Å². The SMILES string of the molecule is CC(C)N(CCN1CCCCCC1)C(=O)C1CCCN(CCO)C1. The Morgan fingerprint density at radius 1 is 1.04 bits per heavy atom. The normalized spacial score (nSPS) is 24.1. The maximum absolute atomic E-state index is 13.0. The van der Waals surface area contributed by atoms with Gasteiger partial charge in [-0.15, -0.1) is 0 Å². The van der Waals surface area contributed by atoms with Crippen molar-refractivity contribution in [2.45, 2.75) is 58.4 Å². The highest BCUT2D eigenvalue weighted by molar-refractivity contribution is 5.79. The largest absolute Gasteiger partial charge is 0.395 e. The standard InChI is InChI=1S/C19H37N3O2/c1-17(2)22(13-12-20-9-5-3-4-6-10-20)19(24)18-8-7-11-21(16-18)14-15-23/h17-18,23H,3-16H2,1-2H3.